The van der Waals surface area contributed by atoms with Gasteiger partial charge in [0.25, 0.3) is 0 Å². The maximum Gasteiger partial charge on any atom is 0.222 e. The summed E-state index contributed by atoms with van der Waals surface area (Å²) in [5.41, 5.74) is 1.80. The zero-order valence-corrected chi connectivity index (χ0v) is 18.8. The molecule has 2 aromatic carbocycles. The lowest BCUT2D eigenvalue weighted by atomic mass is 10.0. The predicted octanol–water partition coefficient (Wildman–Crippen LogP) is 3.74. The summed E-state index contributed by atoms with van der Waals surface area (Å²) in [5, 5.41) is -0.485. The molecule has 1 amide bonds. The molecule has 0 aliphatic carbocycles. The van der Waals surface area contributed by atoms with Gasteiger partial charge in [0.05, 0.1) is 6.54 Å². The summed E-state index contributed by atoms with van der Waals surface area (Å²) in [4.78, 5) is 13.5. The van der Waals surface area contributed by atoms with Gasteiger partial charge in [-0.15, -0.1) is 0 Å². The van der Waals surface area contributed by atoms with E-state index in [2.05, 4.69) is 0 Å². The summed E-state index contributed by atoms with van der Waals surface area (Å²) in [6.07, 6.45) is 3.06. The van der Waals surface area contributed by atoms with E-state index in [9.17, 15) is 13.2 Å². The number of rotatable bonds is 7. The van der Waals surface area contributed by atoms with Gasteiger partial charge in [-0.05, 0) is 49.4 Å². The molecular weight excluding hydrogens is 412 g/mol. The first-order chi connectivity index (χ1) is 14.9. The number of nitrogens with zero attached hydrogens (tertiary/aromatic N) is 2. The number of carbonyl (C=O) groups is 1. The molecule has 2 fully saturated rings. The van der Waals surface area contributed by atoms with Crippen molar-refractivity contribution in [3.63, 3.8) is 0 Å². The standard InChI is InChI=1S/C24H30N2O4S/c1-19-9-14-23(21-6-3-2-4-7-21)31(28,29)26(19)18-20-10-12-22(13-11-20)30-17-16-25-15-5-8-24(25)27/h2-4,6-7,10-13,19,23H,5,8-9,14-18H2,1H3/t19-,23?/m0/s1. The Kier molecular flexibility index (Phi) is 6.62. The van der Waals surface area contributed by atoms with Crippen LogP contribution in [0.3, 0.4) is 0 Å². The molecule has 0 N–H and O–H groups in total. The maximum atomic E-state index is 13.4. The molecule has 0 aromatic heterocycles. The van der Waals surface area contributed by atoms with E-state index in [0.29, 0.717) is 32.5 Å². The molecular formula is C24H30N2O4S. The predicted molar refractivity (Wildman–Crippen MR) is 120 cm³/mol. The van der Waals surface area contributed by atoms with E-state index in [1.807, 2.05) is 66.4 Å². The van der Waals surface area contributed by atoms with Gasteiger partial charge < -0.3 is 9.64 Å². The molecule has 1 unspecified atom stereocenters. The quantitative estimate of drug-likeness (QED) is 0.655. The molecule has 2 aliphatic heterocycles. The van der Waals surface area contributed by atoms with Gasteiger partial charge in [-0.3, -0.25) is 4.79 Å². The number of carbonyl (C=O) groups excluding carboxylic acids is 1. The molecule has 0 radical (unpaired) electrons. The lowest BCUT2D eigenvalue weighted by molar-refractivity contribution is -0.128. The summed E-state index contributed by atoms with van der Waals surface area (Å²) >= 11 is 0. The van der Waals surface area contributed by atoms with Crippen LogP contribution in [0.1, 0.15) is 49.0 Å². The van der Waals surface area contributed by atoms with Gasteiger partial charge in [-0.25, -0.2) is 8.42 Å². The molecule has 0 saturated carbocycles. The molecule has 2 heterocycles. The van der Waals surface area contributed by atoms with Gasteiger partial charge in [0.1, 0.15) is 17.6 Å². The van der Waals surface area contributed by atoms with Crippen LogP contribution in [-0.2, 0) is 21.4 Å². The van der Waals surface area contributed by atoms with Crippen LogP contribution in [0.5, 0.6) is 5.75 Å². The highest BCUT2D eigenvalue weighted by molar-refractivity contribution is 7.89. The number of ether oxygens (including phenoxy) is 1. The molecule has 2 aromatic rings. The summed E-state index contributed by atoms with van der Waals surface area (Å²) < 4.78 is 34.1. The van der Waals surface area contributed by atoms with E-state index < -0.39 is 15.3 Å². The zero-order chi connectivity index (χ0) is 21.8. The average Bonchev–Trinajstić information content (AvgIpc) is 3.17. The van der Waals surface area contributed by atoms with E-state index in [4.69, 9.17) is 4.74 Å². The Labute approximate surface area is 184 Å². The van der Waals surface area contributed by atoms with Crippen LogP contribution in [0.4, 0.5) is 0 Å². The fourth-order valence-electron chi connectivity index (χ4n) is 4.44. The lowest BCUT2D eigenvalue weighted by Crippen LogP contribution is -2.44. The molecule has 2 saturated heterocycles. The van der Waals surface area contributed by atoms with Gasteiger partial charge in [-0.2, -0.15) is 4.31 Å². The molecule has 2 aliphatic rings. The van der Waals surface area contributed by atoms with Crippen LogP contribution in [0.25, 0.3) is 0 Å². The van der Waals surface area contributed by atoms with E-state index in [-0.39, 0.29) is 11.9 Å². The third-order valence-electron chi connectivity index (χ3n) is 6.26. The summed E-state index contributed by atoms with van der Waals surface area (Å²) in [7, 11) is -3.44. The molecule has 4 rings (SSSR count). The van der Waals surface area contributed by atoms with Crippen LogP contribution in [0.2, 0.25) is 0 Å². The molecule has 31 heavy (non-hydrogen) atoms. The second kappa shape index (κ2) is 9.40. The highest BCUT2D eigenvalue weighted by Crippen LogP contribution is 2.38. The van der Waals surface area contributed by atoms with Crippen molar-refractivity contribution in [1.82, 2.24) is 9.21 Å². The summed E-state index contributed by atoms with van der Waals surface area (Å²) in [6, 6.07) is 17.1. The highest BCUT2D eigenvalue weighted by atomic mass is 32.2. The summed E-state index contributed by atoms with van der Waals surface area (Å²) in [5.74, 6) is 0.928. The van der Waals surface area contributed by atoms with Gasteiger partial charge in [0.2, 0.25) is 15.9 Å². The van der Waals surface area contributed by atoms with Crippen molar-refractivity contribution < 1.29 is 17.9 Å². The smallest absolute Gasteiger partial charge is 0.222 e. The number of benzene rings is 2. The Hall–Kier alpha value is -2.38. The molecule has 166 valence electrons. The lowest BCUT2D eigenvalue weighted by Gasteiger charge is -2.37. The van der Waals surface area contributed by atoms with E-state index in [1.54, 1.807) is 4.31 Å². The Bertz CT molecular complexity index is 992. The van der Waals surface area contributed by atoms with Crippen molar-refractivity contribution in [2.24, 2.45) is 0 Å². The van der Waals surface area contributed by atoms with E-state index in [0.717, 1.165) is 36.3 Å². The number of amides is 1. The molecule has 7 heteroatoms. The molecule has 0 bridgehead atoms. The van der Waals surface area contributed by atoms with Crippen molar-refractivity contribution in [1.29, 1.82) is 0 Å². The van der Waals surface area contributed by atoms with Crippen molar-refractivity contribution >= 4 is 15.9 Å². The van der Waals surface area contributed by atoms with Crippen molar-refractivity contribution in [2.45, 2.75) is 50.4 Å². The maximum absolute atomic E-state index is 13.4. The minimum atomic E-state index is -3.44. The molecule has 6 nitrogen and oxygen atoms in total. The Balaban J connectivity index is 1.38. The fraction of sp³-hybridized carbons (Fsp3) is 0.458. The van der Waals surface area contributed by atoms with Crippen LogP contribution >= 0.6 is 0 Å². The minimum absolute atomic E-state index is 0.0288. The zero-order valence-electron chi connectivity index (χ0n) is 17.9. The van der Waals surface area contributed by atoms with Crippen LogP contribution in [-0.4, -0.2) is 49.3 Å². The molecule has 0 spiro atoms. The van der Waals surface area contributed by atoms with Crippen LogP contribution in [0, 0.1) is 0 Å². The van der Waals surface area contributed by atoms with Gasteiger partial charge in [0, 0.05) is 25.6 Å². The van der Waals surface area contributed by atoms with E-state index >= 15 is 0 Å². The normalized spacial score (nSPS) is 23.8. The second-order valence-electron chi connectivity index (χ2n) is 8.39. The molecule has 2 atom stereocenters. The largest absolute Gasteiger partial charge is 0.492 e. The fourth-order valence-corrected chi connectivity index (χ4v) is 6.64. The first kappa shape index (κ1) is 21.8. The Morgan fingerprint density at radius 1 is 1.03 bits per heavy atom. The van der Waals surface area contributed by atoms with Gasteiger partial charge in [0.15, 0.2) is 0 Å². The van der Waals surface area contributed by atoms with Gasteiger partial charge in [-0.1, -0.05) is 42.5 Å². The topological polar surface area (TPSA) is 66.9 Å². The van der Waals surface area contributed by atoms with Gasteiger partial charge >= 0.3 is 0 Å². The third kappa shape index (κ3) is 4.93. The van der Waals surface area contributed by atoms with Crippen LogP contribution < -0.4 is 4.74 Å². The summed E-state index contributed by atoms with van der Waals surface area (Å²) in [6.45, 7) is 4.21. The monoisotopic (exact) mass is 442 g/mol. The van der Waals surface area contributed by atoms with E-state index in [1.165, 1.54) is 0 Å². The highest BCUT2D eigenvalue weighted by Gasteiger charge is 2.40. The van der Waals surface area contributed by atoms with Crippen LogP contribution in [0.15, 0.2) is 54.6 Å². The average molecular weight is 443 g/mol. The first-order valence-electron chi connectivity index (χ1n) is 11.0. The third-order valence-corrected chi connectivity index (χ3v) is 8.63. The minimum Gasteiger partial charge on any atom is -0.492 e. The number of sulfonamides is 1. The van der Waals surface area contributed by atoms with Crippen molar-refractivity contribution in [3.8, 4) is 5.75 Å². The first-order valence-corrected chi connectivity index (χ1v) is 12.5. The number of likely N-dealkylation sites (tertiary alicyclic amines) is 1. The Morgan fingerprint density at radius 3 is 2.45 bits per heavy atom. The SMILES string of the molecule is C[C@H]1CCC(c2ccccc2)S(=O)(=O)N1Cc1ccc(OCCN2CCCC2=O)cc1. The number of hydrogen-bond acceptors (Lipinski definition) is 4. The van der Waals surface area contributed by atoms with Crippen molar-refractivity contribution in [2.75, 3.05) is 19.7 Å². The second-order valence-corrected chi connectivity index (χ2v) is 10.5. The Morgan fingerprint density at radius 2 is 1.77 bits per heavy atom. The number of hydrogen-bond donors (Lipinski definition) is 0. The van der Waals surface area contributed by atoms with Crippen molar-refractivity contribution in [3.05, 3.63) is 65.7 Å².